The molecule has 0 unspecified atom stereocenters. The molecule has 0 bridgehead atoms. The predicted molar refractivity (Wildman–Crippen MR) is 118 cm³/mol. The number of nitrogens with zero attached hydrogens (tertiary/aromatic N) is 3. The van der Waals surface area contributed by atoms with Crippen LogP contribution in [0, 0.1) is 0 Å². The Kier molecular flexibility index (Phi) is 4.47. The maximum absolute atomic E-state index is 12.8. The molecule has 5 aromatic rings. The topological polar surface area (TPSA) is 84.8 Å². The number of hydrogen-bond donors (Lipinski definition) is 1. The Bertz CT molecular complexity index is 1460. The van der Waals surface area contributed by atoms with Gasteiger partial charge in [-0.05, 0) is 54.6 Å². The van der Waals surface area contributed by atoms with Crippen LogP contribution in [0.25, 0.3) is 31.8 Å². The highest BCUT2D eigenvalue weighted by molar-refractivity contribution is 7.93. The Labute approximate surface area is 179 Å². The van der Waals surface area contributed by atoms with Gasteiger partial charge in [-0.2, -0.15) is 8.75 Å². The molecule has 5 rings (SSSR count). The van der Waals surface area contributed by atoms with Crippen molar-refractivity contribution in [3.8, 4) is 10.6 Å². The molecular weight excluding hydrogens is 448 g/mol. The maximum Gasteiger partial charge on any atom is 0.264 e. The first-order valence-electron chi connectivity index (χ1n) is 8.40. The molecule has 0 spiro atoms. The zero-order valence-corrected chi connectivity index (χ0v) is 17.7. The fraction of sp³-hybridized carbons (Fsp3) is 0. The summed E-state index contributed by atoms with van der Waals surface area (Å²) < 4.78 is 37.4. The van der Waals surface area contributed by atoms with Crippen molar-refractivity contribution in [1.82, 2.24) is 13.7 Å². The number of fused-ring (bicyclic) bond motifs is 2. The molecule has 10 heteroatoms. The molecule has 0 aliphatic carbocycles. The second kappa shape index (κ2) is 7.03. The van der Waals surface area contributed by atoms with Crippen molar-refractivity contribution < 1.29 is 8.42 Å². The Morgan fingerprint density at radius 2 is 1.76 bits per heavy atom. The van der Waals surface area contributed by atoms with E-state index < -0.39 is 10.0 Å². The summed E-state index contributed by atoms with van der Waals surface area (Å²) in [5.74, 6) is 0. The minimum absolute atomic E-state index is 0.107. The van der Waals surface area contributed by atoms with Crippen molar-refractivity contribution in [2.24, 2.45) is 0 Å². The van der Waals surface area contributed by atoms with Crippen LogP contribution < -0.4 is 4.72 Å². The summed E-state index contributed by atoms with van der Waals surface area (Å²) in [5.41, 5.74) is 3.16. The Balaban J connectivity index is 1.44. The largest absolute Gasteiger partial charge is 0.280 e. The van der Waals surface area contributed by atoms with Gasteiger partial charge in [0.05, 0.1) is 21.9 Å². The third-order valence-electron chi connectivity index (χ3n) is 4.27. The number of benzene rings is 3. The normalized spacial score (nSPS) is 11.9. The molecule has 0 saturated carbocycles. The molecule has 0 fully saturated rings. The van der Waals surface area contributed by atoms with Gasteiger partial charge in [0.15, 0.2) is 0 Å². The van der Waals surface area contributed by atoms with E-state index in [1.807, 2.05) is 30.3 Å². The highest BCUT2D eigenvalue weighted by Crippen LogP contribution is 2.32. The van der Waals surface area contributed by atoms with Crippen molar-refractivity contribution in [3.05, 3.63) is 65.7 Å². The number of nitrogens with one attached hydrogen (secondary N) is 1. The fourth-order valence-corrected chi connectivity index (χ4v) is 5.98. The zero-order valence-electron chi connectivity index (χ0n) is 14.5. The summed E-state index contributed by atoms with van der Waals surface area (Å²) in [4.78, 5) is 4.72. The summed E-state index contributed by atoms with van der Waals surface area (Å²) in [6.07, 6.45) is 0. The summed E-state index contributed by atoms with van der Waals surface area (Å²) in [5, 5.41) is 1.51. The van der Waals surface area contributed by atoms with Gasteiger partial charge in [0.2, 0.25) is 0 Å². The average molecular weight is 459 g/mol. The highest BCUT2D eigenvalue weighted by Gasteiger charge is 2.19. The zero-order chi connectivity index (χ0) is 20.0. The SMILES string of the molecule is O=S(=O)(Nc1ccc(-c2nc3ccc(Cl)cc3s2)cc1)c1cccc2nsnc12. The molecule has 0 amide bonds. The van der Waals surface area contributed by atoms with Gasteiger partial charge < -0.3 is 0 Å². The molecule has 0 radical (unpaired) electrons. The van der Waals surface area contributed by atoms with Crippen LogP contribution in [0.15, 0.2) is 65.6 Å². The van der Waals surface area contributed by atoms with Crippen LogP contribution in [0.5, 0.6) is 0 Å². The molecule has 0 saturated heterocycles. The van der Waals surface area contributed by atoms with E-state index in [0.717, 1.165) is 32.5 Å². The van der Waals surface area contributed by atoms with Crippen LogP contribution in [0.2, 0.25) is 5.02 Å². The summed E-state index contributed by atoms with van der Waals surface area (Å²) in [6, 6.07) is 17.6. The molecule has 0 atom stereocenters. The van der Waals surface area contributed by atoms with Crippen LogP contribution in [0.1, 0.15) is 0 Å². The molecule has 2 heterocycles. The predicted octanol–water partition coefficient (Wildman–Crippen LogP) is 5.42. The fourth-order valence-electron chi connectivity index (χ4n) is 2.91. The van der Waals surface area contributed by atoms with Gasteiger partial charge in [0.1, 0.15) is 20.9 Å². The molecule has 3 aromatic carbocycles. The van der Waals surface area contributed by atoms with Gasteiger partial charge in [-0.15, -0.1) is 11.3 Å². The van der Waals surface area contributed by atoms with Crippen molar-refractivity contribution in [1.29, 1.82) is 0 Å². The van der Waals surface area contributed by atoms with Crippen LogP contribution >= 0.6 is 34.7 Å². The van der Waals surface area contributed by atoms with Crippen LogP contribution in [-0.4, -0.2) is 22.1 Å². The number of rotatable bonds is 4. The molecule has 1 N–H and O–H groups in total. The Hall–Kier alpha value is -2.59. The van der Waals surface area contributed by atoms with E-state index in [2.05, 4.69) is 18.5 Å². The van der Waals surface area contributed by atoms with Crippen molar-refractivity contribution in [2.75, 3.05) is 4.72 Å². The van der Waals surface area contributed by atoms with Crippen LogP contribution in [-0.2, 0) is 10.0 Å². The van der Waals surface area contributed by atoms with E-state index >= 15 is 0 Å². The third-order valence-corrected chi connectivity index (χ3v) is 7.53. The second-order valence-corrected chi connectivity index (χ2v) is 9.85. The Morgan fingerprint density at radius 3 is 2.59 bits per heavy atom. The van der Waals surface area contributed by atoms with Crippen molar-refractivity contribution >= 4 is 71.6 Å². The number of halogens is 1. The average Bonchev–Trinajstić information content (AvgIpc) is 3.34. The quantitative estimate of drug-likeness (QED) is 0.388. The molecule has 144 valence electrons. The molecule has 2 aromatic heterocycles. The number of anilines is 1. The Morgan fingerprint density at radius 1 is 0.931 bits per heavy atom. The first-order chi connectivity index (χ1) is 14.0. The summed E-state index contributed by atoms with van der Waals surface area (Å²) in [7, 11) is -3.79. The van der Waals surface area contributed by atoms with Crippen LogP contribution in [0.3, 0.4) is 0 Å². The lowest BCUT2D eigenvalue weighted by molar-refractivity contribution is 0.602. The van der Waals surface area contributed by atoms with Gasteiger partial charge >= 0.3 is 0 Å². The molecule has 0 aliphatic heterocycles. The van der Waals surface area contributed by atoms with E-state index in [0.29, 0.717) is 21.7 Å². The summed E-state index contributed by atoms with van der Waals surface area (Å²) >= 11 is 8.56. The monoisotopic (exact) mass is 458 g/mol. The first kappa shape index (κ1) is 18.4. The summed E-state index contributed by atoms with van der Waals surface area (Å²) in [6.45, 7) is 0. The van der Waals surface area contributed by atoms with Gasteiger partial charge in [-0.3, -0.25) is 4.72 Å². The van der Waals surface area contributed by atoms with Crippen molar-refractivity contribution in [3.63, 3.8) is 0 Å². The van der Waals surface area contributed by atoms with Gasteiger partial charge in [-0.25, -0.2) is 13.4 Å². The lowest BCUT2D eigenvalue weighted by atomic mass is 10.2. The number of hydrogen-bond acceptors (Lipinski definition) is 7. The first-order valence-corrected chi connectivity index (χ1v) is 11.8. The molecule has 29 heavy (non-hydrogen) atoms. The smallest absolute Gasteiger partial charge is 0.264 e. The number of sulfonamides is 1. The lowest BCUT2D eigenvalue weighted by Gasteiger charge is -2.08. The minimum atomic E-state index is -3.79. The van der Waals surface area contributed by atoms with Crippen LogP contribution in [0.4, 0.5) is 5.69 Å². The van der Waals surface area contributed by atoms with E-state index in [1.165, 1.54) is 17.4 Å². The van der Waals surface area contributed by atoms with E-state index in [4.69, 9.17) is 11.6 Å². The molecule has 6 nitrogen and oxygen atoms in total. The molecular formula is C19H11ClN4O2S3. The van der Waals surface area contributed by atoms with Crippen molar-refractivity contribution in [2.45, 2.75) is 4.90 Å². The number of aromatic nitrogens is 3. The second-order valence-electron chi connectivity index (χ2n) is 6.20. The third kappa shape index (κ3) is 3.46. The van der Waals surface area contributed by atoms with E-state index in [-0.39, 0.29) is 4.90 Å². The van der Waals surface area contributed by atoms with E-state index in [1.54, 1.807) is 24.3 Å². The van der Waals surface area contributed by atoms with E-state index in [9.17, 15) is 8.42 Å². The highest BCUT2D eigenvalue weighted by atomic mass is 35.5. The number of thiazole rings is 1. The lowest BCUT2D eigenvalue weighted by Crippen LogP contribution is -2.13. The standard InChI is InChI=1S/C19H11ClN4O2S3/c20-12-6-9-14-16(10-12)27-19(21-14)11-4-7-13(8-5-11)24-29(25,26)17-3-1-2-15-18(17)23-28-22-15/h1-10,24H. The van der Waals surface area contributed by atoms with Gasteiger partial charge in [0, 0.05) is 16.3 Å². The van der Waals surface area contributed by atoms with Gasteiger partial charge in [0.25, 0.3) is 10.0 Å². The molecule has 0 aliphatic rings. The van der Waals surface area contributed by atoms with Gasteiger partial charge in [-0.1, -0.05) is 17.7 Å². The maximum atomic E-state index is 12.8. The minimum Gasteiger partial charge on any atom is -0.280 e.